The second-order valence-electron chi connectivity index (χ2n) is 5.36. The molecule has 2 N–H and O–H groups in total. The Morgan fingerprint density at radius 3 is 2.71 bits per heavy atom. The second kappa shape index (κ2) is 10.2. The monoisotopic (exact) mass is 294 g/mol. The van der Waals surface area contributed by atoms with Crippen molar-refractivity contribution in [3.05, 3.63) is 17.5 Å². The van der Waals surface area contributed by atoms with Crippen molar-refractivity contribution < 1.29 is 4.52 Å². The molecule has 0 radical (unpaired) electrons. The van der Waals surface area contributed by atoms with E-state index in [-0.39, 0.29) is 0 Å². The zero-order valence-corrected chi connectivity index (χ0v) is 13.9. The van der Waals surface area contributed by atoms with E-state index in [0.717, 1.165) is 30.4 Å². The quantitative estimate of drug-likeness (QED) is 0.542. The number of rotatable bonds is 9. The lowest BCUT2D eigenvalue weighted by atomic mass is 9.99. The van der Waals surface area contributed by atoms with Crippen LogP contribution in [0.2, 0.25) is 0 Å². The Morgan fingerprint density at radius 1 is 1.33 bits per heavy atom. The van der Waals surface area contributed by atoms with Crippen molar-refractivity contribution >= 4 is 5.96 Å². The van der Waals surface area contributed by atoms with Crippen LogP contribution >= 0.6 is 0 Å². The molecule has 5 heteroatoms. The summed E-state index contributed by atoms with van der Waals surface area (Å²) in [5.41, 5.74) is 0.986. The molecule has 0 aliphatic carbocycles. The minimum atomic E-state index is 0.610. The lowest BCUT2D eigenvalue weighted by Gasteiger charge is -2.17. The topological polar surface area (TPSA) is 62.5 Å². The van der Waals surface area contributed by atoms with Gasteiger partial charge in [-0.05, 0) is 18.8 Å². The summed E-state index contributed by atoms with van der Waals surface area (Å²) in [6, 6.07) is 1.98. The summed E-state index contributed by atoms with van der Waals surface area (Å²) in [5.74, 6) is 2.37. The number of nitrogens with zero attached hydrogens (tertiary/aromatic N) is 2. The van der Waals surface area contributed by atoms with Gasteiger partial charge >= 0.3 is 0 Å². The first-order chi connectivity index (χ1) is 10.2. The van der Waals surface area contributed by atoms with Crippen molar-refractivity contribution in [2.45, 2.75) is 59.4 Å². The van der Waals surface area contributed by atoms with Crippen molar-refractivity contribution in [2.75, 3.05) is 13.6 Å². The summed E-state index contributed by atoms with van der Waals surface area (Å²) in [6.45, 7) is 8.13. The van der Waals surface area contributed by atoms with Crippen molar-refractivity contribution in [2.24, 2.45) is 10.9 Å². The smallest absolute Gasteiger partial charge is 0.191 e. The molecule has 1 atom stereocenters. The zero-order valence-electron chi connectivity index (χ0n) is 13.9. The van der Waals surface area contributed by atoms with E-state index in [9.17, 15) is 0 Å². The molecular formula is C16H30N4O. The maximum atomic E-state index is 5.26. The minimum absolute atomic E-state index is 0.610. The molecule has 1 aromatic heterocycles. The molecule has 1 aromatic rings. The third-order valence-electron chi connectivity index (χ3n) is 3.73. The number of aromatic nitrogens is 1. The predicted molar refractivity (Wildman–Crippen MR) is 87.4 cm³/mol. The van der Waals surface area contributed by atoms with E-state index in [1.807, 2.05) is 6.07 Å². The van der Waals surface area contributed by atoms with Gasteiger partial charge in [-0.15, -0.1) is 0 Å². The number of guanidine groups is 1. The molecule has 0 aliphatic heterocycles. The summed E-state index contributed by atoms with van der Waals surface area (Å²) >= 11 is 0. The van der Waals surface area contributed by atoms with Gasteiger partial charge in [-0.1, -0.05) is 45.2 Å². The summed E-state index contributed by atoms with van der Waals surface area (Å²) in [5, 5.41) is 10.6. The normalized spacial score (nSPS) is 13.2. The van der Waals surface area contributed by atoms with Crippen LogP contribution in [-0.2, 0) is 13.0 Å². The van der Waals surface area contributed by atoms with Gasteiger partial charge in [-0.2, -0.15) is 0 Å². The van der Waals surface area contributed by atoms with Crippen LogP contribution in [-0.4, -0.2) is 24.7 Å². The SMILES string of the molecule is CCCCC(CC)CNC(=NC)NCc1cc(CC)no1. The van der Waals surface area contributed by atoms with E-state index in [1.165, 1.54) is 25.7 Å². The van der Waals surface area contributed by atoms with E-state index < -0.39 is 0 Å². The Balaban J connectivity index is 2.34. The van der Waals surface area contributed by atoms with Gasteiger partial charge in [0.25, 0.3) is 0 Å². The molecule has 0 bridgehead atoms. The van der Waals surface area contributed by atoms with Crippen molar-refractivity contribution in [3.8, 4) is 0 Å². The van der Waals surface area contributed by atoms with Crippen LogP contribution in [0.5, 0.6) is 0 Å². The number of hydrogen-bond acceptors (Lipinski definition) is 3. The predicted octanol–water partition coefficient (Wildman–Crippen LogP) is 3.12. The lowest BCUT2D eigenvalue weighted by molar-refractivity contribution is 0.374. The highest BCUT2D eigenvalue weighted by molar-refractivity contribution is 5.79. The number of unbranched alkanes of at least 4 members (excludes halogenated alkanes) is 1. The highest BCUT2D eigenvalue weighted by atomic mass is 16.5. The number of hydrogen-bond donors (Lipinski definition) is 2. The molecule has 0 amide bonds. The van der Waals surface area contributed by atoms with Crippen LogP contribution in [0.1, 0.15) is 57.9 Å². The van der Waals surface area contributed by atoms with Crippen LogP contribution < -0.4 is 10.6 Å². The molecule has 1 heterocycles. The molecule has 0 spiro atoms. The summed E-state index contributed by atoms with van der Waals surface area (Å²) in [4.78, 5) is 4.25. The highest BCUT2D eigenvalue weighted by Gasteiger charge is 2.08. The molecule has 5 nitrogen and oxygen atoms in total. The Labute approximate surface area is 128 Å². The van der Waals surface area contributed by atoms with Crippen LogP contribution in [0, 0.1) is 5.92 Å². The standard InChI is InChI=1S/C16H30N4O/c1-5-8-9-13(6-2)11-18-16(17-4)19-12-15-10-14(7-3)20-21-15/h10,13H,5-9,11-12H2,1-4H3,(H2,17,18,19). The van der Waals surface area contributed by atoms with Gasteiger partial charge in [0.1, 0.15) is 0 Å². The van der Waals surface area contributed by atoms with Gasteiger partial charge < -0.3 is 15.2 Å². The second-order valence-corrected chi connectivity index (χ2v) is 5.36. The molecule has 1 unspecified atom stereocenters. The average Bonchev–Trinajstić information content (AvgIpc) is 2.98. The maximum absolute atomic E-state index is 5.26. The molecule has 0 saturated heterocycles. The number of nitrogens with one attached hydrogen (secondary N) is 2. The van der Waals surface area contributed by atoms with Gasteiger partial charge in [-0.25, -0.2) is 0 Å². The number of aryl methyl sites for hydroxylation is 1. The fourth-order valence-electron chi connectivity index (χ4n) is 2.18. The molecule has 0 aromatic carbocycles. The molecule has 1 rings (SSSR count). The molecule has 0 saturated carbocycles. The third kappa shape index (κ3) is 6.65. The molecule has 0 fully saturated rings. The van der Waals surface area contributed by atoms with E-state index in [2.05, 4.69) is 41.6 Å². The van der Waals surface area contributed by atoms with Crippen LogP contribution in [0.25, 0.3) is 0 Å². The largest absolute Gasteiger partial charge is 0.359 e. The van der Waals surface area contributed by atoms with E-state index in [1.54, 1.807) is 7.05 Å². The Hall–Kier alpha value is -1.52. The molecule has 0 aliphatic rings. The van der Waals surface area contributed by atoms with Gasteiger partial charge in [0.2, 0.25) is 0 Å². The van der Waals surface area contributed by atoms with Gasteiger partial charge in [0, 0.05) is 19.7 Å². The van der Waals surface area contributed by atoms with Crippen molar-refractivity contribution in [1.82, 2.24) is 15.8 Å². The summed E-state index contributed by atoms with van der Waals surface area (Å²) in [6.07, 6.45) is 5.93. The van der Waals surface area contributed by atoms with Crippen LogP contribution in [0.4, 0.5) is 0 Å². The van der Waals surface area contributed by atoms with Gasteiger partial charge in [-0.3, -0.25) is 4.99 Å². The molecule has 21 heavy (non-hydrogen) atoms. The third-order valence-corrected chi connectivity index (χ3v) is 3.73. The highest BCUT2D eigenvalue weighted by Crippen LogP contribution is 2.11. The first kappa shape index (κ1) is 17.5. The Morgan fingerprint density at radius 2 is 2.14 bits per heavy atom. The Bertz CT molecular complexity index is 414. The van der Waals surface area contributed by atoms with E-state index in [4.69, 9.17) is 4.52 Å². The van der Waals surface area contributed by atoms with Gasteiger partial charge in [0.15, 0.2) is 11.7 Å². The summed E-state index contributed by atoms with van der Waals surface area (Å²) in [7, 11) is 1.79. The van der Waals surface area contributed by atoms with E-state index in [0.29, 0.717) is 12.5 Å². The Kier molecular flexibility index (Phi) is 8.55. The lowest BCUT2D eigenvalue weighted by Crippen LogP contribution is -2.39. The first-order valence-electron chi connectivity index (χ1n) is 8.12. The van der Waals surface area contributed by atoms with Crippen LogP contribution in [0.15, 0.2) is 15.6 Å². The summed E-state index contributed by atoms with van der Waals surface area (Å²) < 4.78 is 5.26. The van der Waals surface area contributed by atoms with Crippen molar-refractivity contribution in [1.29, 1.82) is 0 Å². The van der Waals surface area contributed by atoms with Crippen LogP contribution in [0.3, 0.4) is 0 Å². The minimum Gasteiger partial charge on any atom is -0.359 e. The molecular weight excluding hydrogens is 264 g/mol. The van der Waals surface area contributed by atoms with Gasteiger partial charge in [0.05, 0.1) is 12.2 Å². The fourth-order valence-corrected chi connectivity index (χ4v) is 2.18. The van der Waals surface area contributed by atoms with Crippen molar-refractivity contribution in [3.63, 3.8) is 0 Å². The molecule has 120 valence electrons. The number of aliphatic imine (C=N–C) groups is 1. The van der Waals surface area contributed by atoms with E-state index >= 15 is 0 Å². The fraction of sp³-hybridized carbons (Fsp3) is 0.750. The zero-order chi connectivity index (χ0) is 15.5. The first-order valence-corrected chi connectivity index (χ1v) is 8.12. The average molecular weight is 294 g/mol. The maximum Gasteiger partial charge on any atom is 0.191 e.